The van der Waals surface area contributed by atoms with Gasteiger partial charge in [0.15, 0.2) is 11.4 Å². The van der Waals surface area contributed by atoms with Gasteiger partial charge in [0.2, 0.25) is 0 Å². The molecule has 1 aliphatic heterocycles. The Kier molecular flexibility index (Phi) is 5.06. The second-order valence-corrected chi connectivity index (χ2v) is 8.94. The average molecular weight is 384 g/mol. The smallest absolute Gasteiger partial charge is 0.275 e. The highest BCUT2D eigenvalue weighted by Gasteiger charge is 2.38. The lowest BCUT2D eigenvalue weighted by molar-refractivity contribution is 0.0863. The van der Waals surface area contributed by atoms with Gasteiger partial charge in [0.1, 0.15) is 0 Å². The van der Waals surface area contributed by atoms with Gasteiger partial charge in [-0.2, -0.15) is 9.78 Å². The first-order valence-electron chi connectivity index (χ1n) is 9.46. The lowest BCUT2D eigenvalue weighted by atomic mass is 9.79. The molecule has 1 saturated heterocycles. The Bertz CT molecular complexity index is 946. The van der Waals surface area contributed by atoms with Crippen LogP contribution < -0.4 is 16.2 Å². The number of nitrogens with one attached hydrogen (secondary N) is 2. The first kappa shape index (κ1) is 20.1. The first-order valence-corrected chi connectivity index (χ1v) is 9.46. The van der Waals surface area contributed by atoms with E-state index in [1.807, 2.05) is 19.1 Å². The van der Waals surface area contributed by atoms with E-state index in [1.165, 1.54) is 0 Å². The Morgan fingerprint density at radius 2 is 1.86 bits per heavy atom. The summed E-state index contributed by atoms with van der Waals surface area (Å²) >= 11 is 0. The number of carbonyl (C=O) groups is 1. The number of piperidine rings is 1. The zero-order valence-electron chi connectivity index (χ0n) is 17.0. The van der Waals surface area contributed by atoms with Crippen molar-refractivity contribution in [3.63, 3.8) is 0 Å². The molecule has 1 aromatic heterocycles. The lowest BCUT2D eigenvalue weighted by Gasteiger charge is -2.46. The molecule has 7 nitrogen and oxygen atoms in total. The van der Waals surface area contributed by atoms with E-state index < -0.39 is 17.2 Å². The SMILES string of the molecule is Cc1cccc(-n2nc(C(=O)NC3CC(C)(C)NC(C)(C)C3)c(O)cc2=O)c1. The minimum atomic E-state index is -0.496. The second kappa shape index (κ2) is 7.05. The maximum absolute atomic E-state index is 12.8. The molecule has 0 spiro atoms. The number of hydrogen-bond donors (Lipinski definition) is 3. The van der Waals surface area contributed by atoms with E-state index in [2.05, 4.69) is 43.4 Å². The number of rotatable bonds is 3. The van der Waals surface area contributed by atoms with E-state index in [-0.39, 0.29) is 22.8 Å². The van der Waals surface area contributed by atoms with Crippen LogP contribution in [0, 0.1) is 6.92 Å². The molecule has 1 aliphatic rings. The van der Waals surface area contributed by atoms with E-state index in [9.17, 15) is 14.7 Å². The van der Waals surface area contributed by atoms with Gasteiger partial charge >= 0.3 is 0 Å². The predicted octanol–water partition coefficient (Wildman–Crippen LogP) is 2.29. The number of benzene rings is 1. The van der Waals surface area contributed by atoms with Gasteiger partial charge in [0.25, 0.3) is 11.5 Å². The van der Waals surface area contributed by atoms with Gasteiger partial charge in [-0.15, -0.1) is 0 Å². The molecule has 1 fully saturated rings. The molecule has 2 heterocycles. The second-order valence-electron chi connectivity index (χ2n) is 8.94. The molecule has 0 atom stereocenters. The molecule has 0 saturated carbocycles. The molecule has 3 N–H and O–H groups in total. The molecular formula is C21H28N4O3. The maximum atomic E-state index is 12.8. The Morgan fingerprint density at radius 1 is 1.21 bits per heavy atom. The normalized spacial score (nSPS) is 18.6. The van der Waals surface area contributed by atoms with E-state index >= 15 is 0 Å². The predicted molar refractivity (Wildman–Crippen MR) is 108 cm³/mol. The van der Waals surface area contributed by atoms with Crippen molar-refractivity contribution < 1.29 is 9.90 Å². The Balaban J connectivity index is 1.90. The molecule has 0 unspecified atom stereocenters. The van der Waals surface area contributed by atoms with Crippen LogP contribution in [0.3, 0.4) is 0 Å². The number of carbonyl (C=O) groups excluding carboxylic acids is 1. The minimum Gasteiger partial charge on any atom is -0.505 e. The maximum Gasteiger partial charge on any atom is 0.275 e. The number of aromatic hydroxyl groups is 1. The quantitative estimate of drug-likeness (QED) is 0.755. The number of nitrogens with zero attached hydrogens (tertiary/aromatic N) is 2. The van der Waals surface area contributed by atoms with Crippen LogP contribution in [0.15, 0.2) is 35.1 Å². The van der Waals surface area contributed by atoms with Crippen LogP contribution in [0.4, 0.5) is 0 Å². The Morgan fingerprint density at radius 3 is 2.46 bits per heavy atom. The minimum absolute atomic E-state index is 0.0701. The van der Waals surface area contributed by atoms with Crippen LogP contribution in [-0.4, -0.2) is 37.9 Å². The van der Waals surface area contributed by atoms with Crippen LogP contribution in [0.1, 0.15) is 56.6 Å². The zero-order valence-corrected chi connectivity index (χ0v) is 17.0. The molecule has 28 heavy (non-hydrogen) atoms. The topological polar surface area (TPSA) is 96.2 Å². The fourth-order valence-electron chi connectivity index (χ4n) is 4.23. The summed E-state index contributed by atoms with van der Waals surface area (Å²) in [5.74, 6) is -0.906. The third-order valence-electron chi connectivity index (χ3n) is 4.90. The van der Waals surface area contributed by atoms with Gasteiger partial charge in [-0.25, -0.2) is 0 Å². The number of aryl methyl sites for hydroxylation is 1. The highest BCUT2D eigenvalue weighted by molar-refractivity contribution is 5.94. The molecule has 7 heteroatoms. The molecule has 1 aromatic carbocycles. The van der Waals surface area contributed by atoms with Gasteiger partial charge in [0.05, 0.1) is 5.69 Å². The largest absolute Gasteiger partial charge is 0.505 e. The van der Waals surface area contributed by atoms with E-state index in [1.54, 1.807) is 12.1 Å². The van der Waals surface area contributed by atoms with Gasteiger partial charge in [0, 0.05) is 23.2 Å². The summed E-state index contributed by atoms with van der Waals surface area (Å²) in [6.45, 7) is 10.3. The molecule has 1 amide bonds. The fraction of sp³-hybridized carbons (Fsp3) is 0.476. The van der Waals surface area contributed by atoms with Gasteiger partial charge in [-0.3, -0.25) is 9.59 Å². The summed E-state index contributed by atoms with van der Waals surface area (Å²) in [5.41, 5.74) is 0.595. The summed E-state index contributed by atoms with van der Waals surface area (Å²) in [6, 6.07) is 8.20. The summed E-state index contributed by atoms with van der Waals surface area (Å²) in [7, 11) is 0. The highest BCUT2D eigenvalue weighted by Crippen LogP contribution is 2.28. The summed E-state index contributed by atoms with van der Waals surface area (Å²) in [6.07, 6.45) is 1.50. The van der Waals surface area contributed by atoms with Gasteiger partial charge in [-0.05, 0) is 65.2 Å². The molecule has 150 valence electrons. The lowest BCUT2D eigenvalue weighted by Crippen LogP contribution is -2.62. The van der Waals surface area contributed by atoms with E-state index in [0.717, 1.165) is 29.2 Å². The number of aromatic nitrogens is 2. The average Bonchev–Trinajstić information content (AvgIpc) is 2.51. The standard InChI is InChI=1S/C21H28N4O3/c1-13-7-6-8-15(9-13)25-17(27)10-16(26)18(23-25)19(28)22-14-11-20(2,3)24-21(4,5)12-14/h6-10,14,24,26H,11-12H2,1-5H3,(H,22,28). The van der Waals surface area contributed by atoms with Crippen molar-refractivity contribution in [3.8, 4) is 11.4 Å². The third-order valence-corrected chi connectivity index (χ3v) is 4.90. The van der Waals surface area contributed by atoms with Crippen molar-refractivity contribution in [1.82, 2.24) is 20.4 Å². The van der Waals surface area contributed by atoms with E-state index in [0.29, 0.717) is 5.69 Å². The van der Waals surface area contributed by atoms with Crippen LogP contribution in [-0.2, 0) is 0 Å². The molecule has 3 rings (SSSR count). The summed E-state index contributed by atoms with van der Waals surface area (Å²) < 4.78 is 1.14. The number of hydrogen-bond acceptors (Lipinski definition) is 5. The van der Waals surface area contributed by atoms with Crippen LogP contribution in [0.5, 0.6) is 5.75 Å². The monoisotopic (exact) mass is 384 g/mol. The van der Waals surface area contributed by atoms with Crippen molar-refractivity contribution in [3.05, 3.63) is 51.9 Å². The molecule has 0 radical (unpaired) electrons. The molecule has 0 aliphatic carbocycles. The van der Waals surface area contributed by atoms with Crippen molar-refractivity contribution in [2.45, 2.75) is 64.6 Å². The Hall–Kier alpha value is -2.67. The van der Waals surface area contributed by atoms with Crippen molar-refractivity contribution >= 4 is 5.91 Å². The zero-order chi connectivity index (χ0) is 20.7. The highest BCUT2D eigenvalue weighted by atomic mass is 16.3. The van der Waals surface area contributed by atoms with Crippen LogP contribution in [0.2, 0.25) is 0 Å². The van der Waals surface area contributed by atoms with Crippen molar-refractivity contribution in [1.29, 1.82) is 0 Å². The summed E-state index contributed by atoms with van der Waals surface area (Å²) in [5, 5.41) is 20.9. The van der Waals surface area contributed by atoms with Gasteiger partial charge < -0.3 is 15.7 Å². The molecule has 0 bridgehead atoms. The summed E-state index contributed by atoms with van der Waals surface area (Å²) in [4.78, 5) is 25.1. The van der Waals surface area contributed by atoms with Crippen LogP contribution in [0.25, 0.3) is 5.69 Å². The third kappa shape index (κ3) is 4.42. The van der Waals surface area contributed by atoms with Crippen LogP contribution >= 0.6 is 0 Å². The first-order chi connectivity index (χ1) is 13.0. The molecule has 2 aromatic rings. The van der Waals surface area contributed by atoms with Crippen molar-refractivity contribution in [2.75, 3.05) is 0 Å². The number of amides is 1. The van der Waals surface area contributed by atoms with Gasteiger partial charge in [-0.1, -0.05) is 12.1 Å². The van der Waals surface area contributed by atoms with Crippen molar-refractivity contribution in [2.24, 2.45) is 0 Å². The van der Waals surface area contributed by atoms with E-state index in [4.69, 9.17) is 0 Å². The molecular weight excluding hydrogens is 356 g/mol. The fourth-order valence-corrected chi connectivity index (χ4v) is 4.23. The Labute approximate surface area is 164 Å².